The van der Waals surface area contributed by atoms with Gasteiger partial charge in [0.1, 0.15) is 0 Å². The van der Waals surface area contributed by atoms with E-state index in [1.807, 2.05) is 18.4 Å². The lowest BCUT2D eigenvalue weighted by atomic mass is 9.98. The molecule has 3 rings (SSSR count). The number of aromatic nitrogens is 1. The number of hydrogen-bond acceptors (Lipinski definition) is 5. The van der Waals surface area contributed by atoms with Gasteiger partial charge in [-0.2, -0.15) is 0 Å². The van der Waals surface area contributed by atoms with Crippen LogP contribution < -0.4 is 0 Å². The van der Waals surface area contributed by atoms with Gasteiger partial charge in [-0.3, -0.25) is 24.1 Å². The average molecular weight is 408 g/mol. The number of ether oxygens (including phenoxy) is 1. The van der Waals surface area contributed by atoms with E-state index in [2.05, 4.69) is 6.58 Å². The number of carbonyl (C=O) groups excluding carboxylic acids is 4. The van der Waals surface area contributed by atoms with Gasteiger partial charge in [-0.25, -0.2) is 0 Å². The number of allylic oxidation sites excluding steroid dienone is 1. The van der Waals surface area contributed by atoms with Gasteiger partial charge in [-0.15, -0.1) is 6.58 Å². The number of benzene rings is 1. The van der Waals surface area contributed by atoms with Gasteiger partial charge in [0.25, 0.3) is 5.91 Å². The molecule has 0 aliphatic carbocycles. The number of ketones is 1. The zero-order valence-electron chi connectivity index (χ0n) is 17.1. The van der Waals surface area contributed by atoms with Gasteiger partial charge in [0.2, 0.25) is 11.7 Å². The number of Topliss-reactive ketones (excluding diaryl/α,β-unsaturated/α-hetero) is 1. The fraction of sp³-hybridized carbons (Fsp3) is 0.304. The molecular formula is C23H24N2O5. The Morgan fingerprint density at radius 3 is 2.67 bits per heavy atom. The molecule has 0 spiro atoms. The molecule has 1 aromatic carbocycles. The highest BCUT2D eigenvalue weighted by molar-refractivity contribution is 6.09. The van der Waals surface area contributed by atoms with Gasteiger partial charge in [0, 0.05) is 35.6 Å². The molecule has 7 nitrogen and oxygen atoms in total. The molecule has 1 aromatic heterocycles. The van der Waals surface area contributed by atoms with Gasteiger partial charge >= 0.3 is 5.97 Å². The summed E-state index contributed by atoms with van der Waals surface area (Å²) in [6.07, 6.45) is 1.70. The molecule has 2 amide bonds. The maximum Gasteiger partial charge on any atom is 0.308 e. The van der Waals surface area contributed by atoms with Crippen molar-refractivity contribution in [1.82, 2.24) is 9.47 Å². The summed E-state index contributed by atoms with van der Waals surface area (Å²) in [6.45, 7) is 7.56. The maximum atomic E-state index is 12.5. The van der Waals surface area contributed by atoms with Crippen LogP contribution in [0, 0.1) is 13.8 Å². The number of imide groups is 1. The molecule has 0 atom stereocenters. The first kappa shape index (κ1) is 21.2. The van der Waals surface area contributed by atoms with E-state index in [9.17, 15) is 19.2 Å². The summed E-state index contributed by atoms with van der Waals surface area (Å²) in [5.74, 6) is -1.70. The molecule has 0 bridgehead atoms. The second-order valence-electron chi connectivity index (χ2n) is 7.20. The van der Waals surface area contributed by atoms with E-state index >= 15 is 0 Å². The molecular weight excluding hydrogens is 384 g/mol. The Morgan fingerprint density at radius 2 is 1.93 bits per heavy atom. The Labute approximate surface area is 174 Å². The van der Waals surface area contributed by atoms with E-state index < -0.39 is 11.9 Å². The number of nitrogens with zero attached hydrogens (tertiary/aromatic N) is 2. The van der Waals surface area contributed by atoms with Crippen LogP contribution in [0.25, 0.3) is 0 Å². The van der Waals surface area contributed by atoms with Crippen LogP contribution in [0.2, 0.25) is 0 Å². The standard InChI is InChI=1S/C23H24N2O5/c1-4-10-24-15(2)12-19(16(24)3)20(26)14-30-22(28)9-11-25-21(27)13-17-7-5-6-8-18(17)23(25)29/h4-8,12H,1,9-11,13-14H2,2-3H3. The summed E-state index contributed by atoms with van der Waals surface area (Å²) in [5, 5.41) is 0. The smallest absolute Gasteiger partial charge is 0.308 e. The van der Waals surface area contributed by atoms with Crippen molar-refractivity contribution in [3.8, 4) is 0 Å². The lowest BCUT2D eigenvalue weighted by Crippen LogP contribution is -2.43. The predicted octanol–water partition coefficient (Wildman–Crippen LogP) is 2.63. The Hall–Kier alpha value is -3.48. The van der Waals surface area contributed by atoms with Crippen molar-refractivity contribution in [1.29, 1.82) is 0 Å². The van der Waals surface area contributed by atoms with Crippen LogP contribution in [0.15, 0.2) is 43.0 Å². The molecule has 0 radical (unpaired) electrons. The zero-order chi connectivity index (χ0) is 21.8. The summed E-state index contributed by atoms with van der Waals surface area (Å²) in [6, 6.07) is 8.68. The van der Waals surface area contributed by atoms with E-state index in [1.54, 1.807) is 36.4 Å². The number of amides is 2. The van der Waals surface area contributed by atoms with Crippen molar-refractivity contribution in [3.63, 3.8) is 0 Å². The normalized spacial score (nSPS) is 13.2. The molecule has 1 aliphatic heterocycles. The molecule has 7 heteroatoms. The lowest BCUT2D eigenvalue weighted by Gasteiger charge is -2.26. The number of hydrogen-bond donors (Lipinski definition) is 0. The molecule has 30 heavy (non-hydrogen) atoms. The van der Waals surface area contributed by atoms with Crippen molar-refractivity contribution in [2.75, 3.05) is 13.2 Å². The number of rotatable bonds is 8. The Morgan fingerprint density at radius 1 is 1.20 bits per heavy atom. The molecule has 2 aromatic rings. The minimum absolute atomic E-state index is 0.0765. The van der Waals surface area contributed by atoms with Crippen molar-refractivity contribution in [3.05, 3.63) is 71.1 Å². The molecule has 0 saturated carbocycles. The van der Waals surface area contributed by atoms with Crippen LogP contribution in [-0.2, 0) is 27.3 Å². The largest absolute Gasteiger partial charge is 0.457 e. The number of esters is 1. The van der Waals surface area contributed by atoms with Crippen molar-refractivity contribution in [2.24, 2.45) is 0 Å². The summed E-state index contributed by atoms with van der Waals surface area (Å²) in [5.41, 5.74) is 3.36. The Balaban J connectivity index is 1.55. The molecule has 2 heterocycles. The first-order valence-corrected chi connectivity index (χ1v) is 9.72. The molecule has 0 unspecified atom stereocenters. The Bertz CT molecular complexity index is 1030. The first-order valence-electron chi connectivity index (χ1n) is 9.72. The fourth-order valence-electron chi connectivity index (χ4n) is 3.62. The van der Waals surface area contributed by atoms with E-state index in [0.29, 0.717) is 23.2 Å². The molecule has 156 valence electrons. The first-order chi connectivity index (χ1) is 14.3. The van der Waals surface area contributed by atoms with Crippen LogP contribution in [0.3, 0.4) is 0 Å². The van der Waals surface area contributed by atoms with Crippen molar-refractivity contribution in [2.45, 2.75) is 33.2 Å². The number of aryl methyl sites for hydroxylation is 1. The SMILES string of the molecule is C=CCn1c(C)cc(C(=O)COC(=O)CCN2C(=O)Cc3ccccc3C2=O)c1C. The predicted molar refractivity (Wildman–Crippen MR) is 110 cm³/mol. The monoisotopic (exact) mass is 408 g/mol. The molecule has 1 aliphatic rings. The van der Waals surface area contributed by atoms with Gasteiger partial charge in [0.05, 0.1) is 12.8 Å². The van der Waals surface area contributed by atoms with E-state index in [4.69, 9.17) is 4.74 Å². The quantitative estimate of drug-likeness (QED) is 0.290. The number of carbonyl (C=O) groups is 4. The molecule has 0 N–H and O–H groups in total. The average Bonchev–Trinajstić information content (AvgIpc) is 3.00. The van der Waals surface area contributed by atoms with Crippen molar-refractivity contribution >= 4 is 23.6 Å². The Kier molecular flexibility index (Phi) is 6.30. The maximum absolute atomic E-state index is 12.5. The van der Waals surface area contributed by atoms with E-state index in [-0.39, 0.29) is 37.7 Å². The third-order valence-corrected chi connectivity index (χ3v) is 5.23. The zero-order valence-corrected chi connectivity index (χ0v) is 17.1. The highest BCUT2D eigenvalue weighted by Gasteiger charge is 2.30. The van der Waals surface area contributed by atoms with Crippen LogP contribution >= 0.6 is 0 Å². The van der Waals surface area contributed by atoms with Gasteiger partial charge in [0.15, 0.2) is 6.61 Å². The van der Waals surface area contributed by atoms with E-state index in [0.717, 1.165) is 16.3 Å². The van der Waals surface area contributed by atoms with Crippen LogP contribution in [-0.4, -0.2) is 46.2 Å². The van der Waals surface area contributed by atoms with Gasteiger partial charge in [-0.05, 0) is 31.5 Å². The van der Waals surface area contributed by atoms with Crippen LogP contribution in [0.5, 0.6) is 0 Å². The third kappa shape index (κ3) is 4.25. The van der Waals surface area contributed by atoms with Crippen molar-refractivity contribution < 1.29 is 23.9 Å². The van der Waals surface area contributed by atoms with Gasteiger partial charge < -0.3 is 9.30 Å². The third-order valence-electron chi connectivity index (χ3n) is 5.23. The lowest BCUT2D eigenvalue weighted by molar-refractivity contribution is -0.143. The summed E-state index contributed by atoms with van der Waals surface area (Å²) in [4.78, 5) is 50.4. The minimum atomic E-state index is -0.636. The fourth-order valence-corrected chi connectivity index (χ4v) is 3.62. The highest BCUT2D eigenvalue weighted by atomic mass is 16.5. The van der Waals surface area contributed by atoms with Gasteiger partial charge in [-0.1, -0.05) is 24.3 Å². The second-order valence-corrected chi connectivity index (χ2v) is 7.20. The highest BCUT2D eigenvalue weighted by Crippen LogP contribution is 2.20. The topological polar surface area (TPSA) is 85.7 Å². The second kappa shape index (κ2) is 8.90. The minimum Gasteiger partial charge on any atom is -0.457 e. The molecule has 0 saturated heterocycles. The van der Waals surface area contributed by atoms with Crippen LogP contribution in [0.1, 0.15) is 44.1 Å². The van der Waals surface area contributed by atoms with Crippen LogP contribution in [0.4, 0.5) is 0 Å². The number of fused-ring (bicyclic) bond motifs is 1. The summed E-state index contributed by atoms with van der Waals surface area (Å²) >= 11 is 0. The summed E-state index contributed by atoms with van der Waals surface area (Å²) in [7, 11) is 0. The molecule has 0 fully saturated rings. The summed E-state index contributed by atoms with van der Waals surface area (Å²) < 4.78 is 7.04. The van der Waals surface area contributed by atoms with E-state index in [1.165, 1.54) is 0 Å².